The zero-order valence-corrected chi connectivity index (χ0v) is 12.6. The Morgan fingerprint density at radius 2 is 1.89 bits per heavy atom. The molecule has 0 radical (unpaired) electrons. The van der Waals surface area contributed by atoms with E-state index >= 15 is 0 Å². The Morgan fingerprint density at radius 3 is 2.58 bits per heavy atom. The summed E-state index contributed by atoms with van der Waals surface area (Å²) in [5, 5.41) is 9.73. The van der Waals surface area contributed by atoms with E-state index in [0.29, 0.717) is 15.2 Å². The second kappa shape index (κ2) is 5.40. The maximum absolute atomic E-state index is 12.1. The Labute approximate surface area is 124 Å². The fourth-order valence-corrected chi connectivity index (χ4v) is 3.19. The largest absolute Gasteiger partial charge is 0.508 e. The summed E-state index contributed by atoms with van der Waals surface area (Å²) in [6.07, 6.45) is 0. The number of benzene rings is 2. The average molecular weight is 363 g/mol. The summed E-state index contributed by atoms with van der Waals surface area (Å²) >= 11 is 9.06. The Kier molecular flexibility index (Phi) is 4.03. The minimum Gasteiger partial charge on any atom is -0.508 e. The molecule has 0 aromatic heterocycles. The Bertz CT molecular complexity index is 719. The number of sulfonamides is 1. The van der Waals surface area contributed by atoms with Crippen molar-refractivity contribution in [1.29, 1.82) is 0 Å². The van der Waals surface area contributed by atoms with Gasteiger partial charge in [-0.25, -0.2) is 8.42 Å². The predicted octanol–water partition coefficient (Wildman–Crippen LogP) is 3.61. The monoisotopic (exact) mass is 361 g/mol. The molecule has 100 valence electrons. The number of halogens is 2. The van der Waals surface area contributed by atoms with Gasteiger partial charge in [0.2, 0.25) is 0 Å². The molecule has 7 heteroatoms. The highest BCUT2D eigenvalue weighted by molar-refractivity contribution is 9.10. The summed E-state index contributed by atoms with van der Waals surface area (Å²) in [5.74, 6) is -0.118. The molecule has 0 heterocycles. The van der Waals surface area contributed by atoms with Gasteiger partial charge in [-0.3, -0.25) is 4.72 Å². The van der Waals surface area contributed by atoms with Crippen LogP contribution >= 0.6 is 27.5 Å². The number of phenolic OH excluding ortho intramolecular Hbond substituents is 1. The number of anilines is 1. The fraction of sp³-hybridized carbons (Fsp3) is 0. The van der Waals surface area contributed by atoms with Crippen molar-refractivity contribution in [3.8, 4) is 5.75 Å². The molecule has 2 rings (SSSR count). The number of aromatic hydroxyl groups is 1. The Balaban J connectivity index is 2.39. The van der Waals surface area contributed by atoms with E-state index in [-0.39, 0.29) is 10.6 Å². The fourth-order valence-electron chi connectivity index (χ4n) is 1.43. The number of hydrogen-bond acceptors (Lipinski definition) is 3. The summed E-state index contributed by atoms with van der Waals surface area (Å²) < 4.78 is 27.2. The van der Waals surface area contributed by atoms with E-state index in [1.807, 2.05) is 0 Å². The first-order valence-corrected chi connectivity index (χ1v) is 7.81. The van der Waals surface area contributed by atoms with E-state index in [2.05, 4.69) is 20.7 Å². The van der Waals surface area contributed by atoms with Crippen molar-refractivity contribution in [3.63, 3.8) is 0 Å². The highest BCUT2D eigenvalue weighted by atomic mass is 79.9. The molecule has 0 saturated carbocycles. The van der Waals surface area contributed by atoms with Gasteiger partial charge in [0.15, 0.2) is 0 Å². The standard InChI is InChI=1S/C12H9BrClNO3S/c13-11-5-4-8(14)6-12(11)15-19(17,18)10-3-1-2-9(16)7-10/h1-7,15-16H. The van der Waals surface area contributed by atoms with Crippen LogP contribution in [0.25, 0.3) is 0 Å². The van der Waals surface area contributed by atoms with E-state index in [9.17, 15) is 13.5 Å². The van der Waals surface area contributed by atoms with E-state index in [1.54, 1.807) is 12.1 Å². The van der Waals surface area contributed by atoms with Crippen molar-refractivity contribution in [2.75, 3.05) is 4.72 Å². The van der Waals surface area contributed by atoms with Crippen LogP contribution < -0.4 is 4.72 Å². The zero-order valence-electron chi connectivity index (χ0n) is 9.47. The van der Waals surface area contributed by atoms with Crippen LogP contribution in [0.4, 0.5) is 5.69 Å². The lowest BCUT2D eigenvalue weighted by molar-refractivity contribution is 0.473. The molecule has 2 aromatic rings. The predicted molar refractivity (Wildman–Crippen MR) is 78.1 cm³/mol. The van der Waals surface area contributed by atoms with Crippen LogP contribution in [0.3, 0.4) is 0 Å². The number of hydrogen-bond donors (Lipinski definition) is 2. The first-order chi connectivity index (χ1) is 8.88. The molecule has 19 heavy (non-hydrogen) atoms. The molecule has 0 aliphatic heterocycles. The first-order valence-electron chi connectivity index (χ1n) is 5.15. The second-order valence-electron chi connectivity index (χ2n) is 3.73. The van der Waals surface area contributed by atoms with Crippen LogP contribution in [0, 0.1) is 0 Å². The highest BCUT2D eigenvalue weighted by Crippen LogP contribution is 2.28. The maximum Gasteiger partial charge on any atom is 0.262 e. The van der Waals surface area contributed by atoms with Crippen molar-refractivity contribution >= 4 is 43.2 Å². The van der Waals surface area contributed by atoms with Gasteiger partial charge in [-0.05, 0) is 46.3 Å². The van der Waals surface area contributed by atoms with Gasteiger partial charge < -0.3 is 5.11 Å². The quantitative estimate of drug-likeness (QED) is 0.876. The molecule has 2 aromatic carbocycles. The molecule has 0 aliphatic carbocycles. The van der Waals surface area contributed by atoms with Crippen LogP contribution in [0.15, 0.2) is 51.8 Å². The molecule has 0 bridgehead atoms. The van der Waals surface area contributed by atoms with Crippen molar-refractivity contribution in [1.82, 2.24) is 0 Å². The van der Waals surface area contributed by atoms with Crippen molar-refractivity contribution < 1.29 is 13.5 Å². The van der Waals surface area contributed by atoms with Crippen LogP contribution in [0.5, 0.6) is 5.75 Å². The van der Waals surface area contributed by atoms with E-state index in [0.717, 1.165) is 0 Å². The van der Waals surface area contributed by atoms with Crippen LogP contribution in [-0.4, -0.2) is 13.5 Å². The SMILES string of the molecule is O=S(=O)(Nc1cc(Cl)ccc1Br)c1cccc(O)c1. The van der Waals surface area contributed by atoms with E-state index < -0.39 is 10.0 Å². The first kappa shape index (κ1) is 14.2. The lowest BCUT2D eigenvalue weighted by Crippen LogP contribution is -2.13. The molecule has 4 nitrogen and oxygen atoms in total. The zero-order chi connectivity index (χ0) is 14.0. The van der Waals surface area contributed by atoms with Crippen LogP contribution in [0.2, 0.25) is 5.02 Å². The lowest BCUT2D eigenvalue weighted by atomic mass is 10.3. The van der Waals surface area contributed by atoms with Gasteiger partial charge in [0, 0.05) is 15.6 Å². The molecule has 0 saturated heterocycles. The van der Waals surface area contributed by atoms with Gasteiger partial charge in [-0.1, -0.05) is 17.7 Å². The summed E-state index contributed by atoms with van der Waals surface area (Å²) in [4.78, 5) is -0.0284. The molecular formula is C12H9BrClNO3S. The highest BCUT2D eigenvalue weighted by Gasteiger charge is 2.16. The average Bonchev–Trinajstić information content (AvgIpc) is 2.33. The number of rotatable bonds is 3. The van der Waals surface area contributed by atoms with Crippen LogP contribution in [0.1, 0.15) is 0 Å². The third-order valence-corrected chi connectivity index (χ3v) is 4.59. The molecule has 0 aliphatic rings. The topological polar surface area (TPSA) is 66.4 Å². The molecule has 0 amide bonds. The van der Waals surface area contributed by atoms with E-state index in [4.69, 9.17) is 11.6 Å². The maximum atomic E-state index is 12.1. The van der Waals surface area contributed by atoms with Gasteiger partial charge in [-0.15, -0.1) is 0 Å². The minimum absolute atomic E-state index is 0.0284. The summed E-state index contributed by atoms with van der Waals surface area (Å²) in [6.45, 7) is 0. The summed E-state index contributed by atoms with van der Waals surface area (Å²) in [5.41, 5.74) is 0.329. The Morgan fingerprint density at radius 1 is 1.16 bits per heavy atom. The third kappa shape index (κ3) is 3.40. The summed E-state index contributed by atoms with van der Waals surface area (Å²) in [7, 11) is -3.77. The van der Waals surface area contributed by atoms with Crippen molar-refractivity contribution in [2.45, 2.75) is 4.90 Å². The molecule has 0 atom stereocenters. The van der Waals surface area contributed by atoms with Crippen LogP contribution in [-0.2, 0) is 10.0 Å². The van der Waals surface area contributed by atoms with E-state index in [1.165, 1.54) is 30.3 Å². The van der Waals surface area contributed by atoms with Gasteiger partial charge in [0.05, 0.1) is 10.6 Å². The lowest BCUT2D eigenvalue weighted by Gasteiger charge is -2.10. The summed E-state index contributed by atoms with van der Waals surface area (Å²) in [6, 6.07) is 10.2. The molecule has 0 unspecified atom stereocenters. The van der Waals surface area contributed by atoms with Gasteiger partial charge >= 0.3 is 0 Å². The number of phenols is 1. The van der Waals surface area contributed by atoms with Crippen molar-refractivity contribution in [3.05, 3.63) is 52.0 Å². The normalized spacial score (nSPS) is 11.3. The van der Waals surface area contributed by atoms with Crippen molar-refractivity contribution in [2.24, 2.45) is 0 Å². The third-order valence-electron chi connectivity index (χ3n) is 2.30. The smallest absolute Gasteiger partial charge is 0.262 e. The Hall–Kier alpha value is -1.24. The molecular weight excluding hydrogens is 354 g/mol. The molecule has 0 fully saturated rings. The van der Waals surface area contributed by atoms with Gasteiger partial charge in [0.25, 0.3) is 10.0 Å². The second-order valence-corrected chi connectivity index (χ2v) is 6.70. The van der Waals surface area contributed by atoms with Gasteiger partial charge in [-0.2, -0.15) is 0 Å². The molecule has 2 N–H and O–H groups in total. The minimum atomic E-state index is -3.77. The van der Waals surface area contributed by atoms with Gasteiger partial charge in [0.1, 0.15) is 5.75 Å². The molecule has 0 spiro atoms. The number of nitrogens with one attached hydrogen (secondary N) is 1.